The van der Waals surface area contributed by atoms with Gasteiger partial charge in [-0.25, -0.2) is 9.97 Å². The molecule has 0 spiro atoms. The Morgan fingerprint density at radius 3 is 2.50 bits per heavy atom. The largest absolute Gasteiger partial charge is 0.367 e. The molecule has 2 aliphatic rings. The number of halogens is 1. The third-order valence-electron chi connectivity index (χ3n) is 4.88. The van der Waals surface area contributed by atoms with Crippen molar-refractivity contribution in [1.82, 2.24) is 14.9 Å². The third kappa shape index (κ3) is 4.05. The van der Waals surface area contributed by atoms with Crippen molar-refractivity contribution in [1.29, 1.82) is 0 Å². The summed E-state index contributed by atoms with van der Waals surface area (Å²) in [5.41, 5.74) is 1.33. The minimum atomic E-state index is 0.508. The average molecular weight is 343 g/mol. The Hall–Kier alpha value is -1.65. The number of hydrogen-bond acceptors (Lipinski definition) is 4. The van der Waals surface area contributed by atoms with Crippen LogP contribution in [-0.2, 0) is 6.54 Å². The van der Waals surface area contributed by atoms with Gasteiger partial charge < -0.3 is 5.32 Å². The first-order valence-electron chi connectivity index (χ1n) is 8.82. The summed E-state index contributed by atoms with van der Waals surface area (Å²) in [7, 11) is 0. The fraction of sp³-hybridized carbons (Fsp3) is 0.474. The van der Waals surface area contributed by atoms with Gasteiger partial charge in [0.25, 0.3) is 0 Å². The topological polar surface area (TPSA) is 41.0 Å². The number of rotatable bonds is 5. The van der Waals surface area contributed by atoms with Gasteiger partial charge in [0, 0.05) is 42.8 Å². The van der Waals surface area contributed by atoms with E-state index in [9.17, 15) is 0 Å². The Balaban J connectivity index is 1.28. The molecule has 2 fully saturated rings. The van der Waals surface area contributed by atoms with Crippen molar-refractivity contribution in [3.63, 3.8) is 0 Å². The highest BCUT2D eigenvalue weighted by molar-refractivity contribution is 6.30. The molecule has 4 nitrogen and oxygen atoms in total. The summed E-state index contributed by atoms with van der Waals surface area (Å²) in [6.07, 6.45) is 6.67. The molecule has 1 saturated heterocycles. The van der Waals surface area contributed by atoms with E-state index in [0.29, 0.717) is 12.0 Å². The van der Waals surface area contributed by atoms with Gasteiger partial charge in [-0.05, 0) is 49.4 Å². The lowest BCUT2D eigenvalue weighted by Gasteiger charge is -2.32. The quantitative estimate of drug-likeness (QED) is 0.888. The molecular formula is C19H23ClN4. The number of aromatic nitrogens is 2. The molecule has 1 aliphatic heterocycles. The highest BCUT2D eigenvalue weighted by Gasteiger charge is 2.27. The lowest BCUT2D eigenvalue weighted by Crippen LogP contribution is -2.38. The Morgan fingerprint density at radius 1 is 1.04 bits per heavy atom. The fourth-order valence-electron chi connectivity index (χ4n) is 3.28. The minimum Gasteiger partial charge on any atom is -0.367 e. The van der Waals surface area contributed by atoms with Crippen molar-refractivity contribution < 1.29 is 0 Å². The van der Waals surface area contributed by atoms with Gasteiger partial charge in [-0.15, -0.1) is 0 Å². The van der Waals surface area contributed by atoms with E-state index >= 15 is 0 Å². The van der Waals surface area contributed by atoms with Crippen molar-refractivity contribution in [3.8, 4) is 0 Å². The molecule has 0 atom stereocenters. The van der Waals surface area contributed by atoms with Gasteiger partial charge in [-0.3, -0.25) is 4.90 Å². The normalized spacial score (nSPS) is 19.4. The Kier molecular flexibility index (Phi) is 4.67. The van der Waals surface area contributed by atoms with Crippen LogP contribution in [-0.4, -0.2) is 34.0 Å². The molecule has 0 unspecified atom stereocenters. The van der Waals surface area contributed by atoms with Crippen LogP contribution >= 0.6 is 11.6 Å². The van der Waals surface area contributed by atoms with Gasteiger partial charge in [0.1, 0.15) is 11.6 Å². The van der Waals surface area contributed by atoms with Gasteiger partial charge in [0.2, 0.25) is 0 Å². The molecule has 0 amide bonds. The molecule has 0 bridgehead atoms. The molecule has 5 heteroatoms. The van der Waals surface area contributed by atoms with E-state index in [0.717, 1.165) is 49.1 Å². The number of benzene rings is 1. The molecule has 1 saturated carbocycles. The monoisotopic (exact) mass is 342 g/mol. The maximum atomic E-state index is 5.95. The first-order valence-corrected chi connectivity index (χ1v) is 9.20. The molecule has 2 heterocycles. The van der Waals surface area contributed by atoms with E-state index in [1.807, 2.05) is 24.4 Å². The number of likely N-dealkylation sites (tertiary alicyclic amines) is 1. The Morgan fingerprint density at radius 2 is 1.79 bits per heavy atom. The van der Waals surface area contributed by atoms with Crippen LogP contribution in [0.3, 0.4) is 0 Å². The lowest BCUT2D eigenvalue weighted by molar-refractivity contribution is 0.211. The second kappa shape index (κ2) is 7.08. The van der Waals surface area contributed by atoms with Crippen molar-refractivity contribution >= 4 is 17.4 Å². The van der Waals surface area contributed by atoms with Crippen molar-refractivity contribution in [2.75, 3.05) is 18.4 Å². The summed E-state index contributed by atoms with van der Waals surface area (Å²) in [4.78, 5) is 11.6. The maximum absolute atomic E-state index is 5.95. The first kappa shape index (κ1) is 15.9. The highest BCUT2D eigenvalue weighted by Crippen LogP contribution is 2.38. The molecule has 1 N–H and O–H groups in total. The molecular weight excluding hydrogens is 320 g/mol. The van der Waals surface area contributed by atoms with E-state index in [4.69, 9.17) is 11.6 Å². The molecule has 126 valence electrons. The number of nitrogens with one attached hydrogen (secondary N) is 1. The minimum absolute atomic E-state index is 0.508. The van der Waals surface area contributed by atoms with Gasteiger partial charge in [-0.2, -0.15) is 0 Å². The predicted octanol–water partition coefficient (Wildman–Crippen LogP) is 4.08. The second-order valence-corrected chi connectivity index (χ2v) is 7.33. The standard InChI is InChI=1S/C19H23ClN4/c20-16-5-1-14(2-6-16)13-24-11-8-17(9-12-24)22-18-7-10-21-19(23-18)15-3-4-15/h1-2,5-7,10,15,17H,3-4,8-9,11-13H2,(H,21,22,23). The highest BCUT2D eigenvalue weighted by atomic mass is 35.5. The van der Waals surface area contributed by atoms with Crippen LogP contribution in [0.4, 0.5) is 5.82 Å². The van der Waals surface area contributed by atoms with Crippen LogP contribution in [0, 0.1) is 0 Å². The summed E-state index contributed by atoms with van der Waals surface area (Å²) in [5.74, 6) is 2.61. The van der Waals surface area contributed by atoms with Crippen LogP contribution < -0.4 is 5.32 Å². The molecule has 1 aromatic heterocycles. The summed E-state index contributed by atoms with van der Waals surface area (Å²) in [6.45, 7) is 3.23. The smallest absolute Gasteiger partial charge is 0.133 e. The van der Waals surface area contributed by atoms with Crippen molar-refractivity contribution in [2.24, 2.45) is 0 Å². The molecule has 24 heavy (non-hydrogen) atoms. The van der Waals surface area contributed by atoms with E-state index in [1.165, 1.54) is 18.4 Å². The molecule has 2 aromatic rings. The number of nitrogens with zero attached hydrogens (tertiary/aromatic N) is 3. The summed E-state index contributed by atoms with van der Waals surface area (Å²) >= 11 is 5.95. The number of piperidine rings is 1. The molecule has 1 aliphatic carbocycles. The maximum Gasteiger partial charge on any atom is 0.133 e. The zero-order valence-electron chi connectivity index (χ0n) is 13.8. The Labute approximate surface area is 148 Å². The van der Waals surface area contributed by atoms with Crippen molar-refractivity contribution in [3.05, 3.63) is 52.9 Å². The van der Waals surface area contributed by atoms with Gasteiger partial charge in [-0.1, -0.05) is 23.7 Å². The second-order valence-electron chi connectivity index (χ2n) is 6.90. The van der Waals surface area contributed by atoms with E-state index < -0.39 is 0 Å². The zero-order valence-corrected chi connectivity index (χ0v) is 14.5. The first-order chi connectivity index (χ1) is 11.8. The van der Waals surface area contributed by atoms with Crippen LogP contribution in [0.1, 0.15) is 43.0 Å². The molecule has 4 rings (SSSR count). The predicted molar refractivity (Wildman–Crippen MR) is 97.4 cm³/mol. The molecule has 0 radical (unpaired) electrons. The number of anilines is 1. The molecule has 1 aromatic carbocycles. The van der Waals surface area contributed by atoms with Crippen LogP contribution in [0.15, 0.2) is 36.5 Å². The summed E-state index contributed by atoms with van der Waals surface area (Å²) in [6, 6.07) is 10.7. The van der Waals surface area contributed by atoms with Crippen LogP contribution in [0.25, 0.3) is 0 Å². The fourth-order valence-corrected chi connectivity index (χ4v) is 3.41. The zero-order chi connectivity index (χ0) is 16.4. The summed E-state index contributed by atoms with van der Waals surface area (Å²) in [5, 5.41) is 4.40. The SMILES string of the molecule is Clc1ccc(CN2CCC(Nc3ccnc(C4CC4)n3)CC2)cc1. The Bertz CT molecular complexity index is 676. The van der Waals surface area contributed by atoms with Gasteiger partial charge in [0.15, 0.2) is 0 Å². The third-order valence-corrected chi connectivity index (χ3v) is 5.13. The van der Waals surface area contributed by atoms with Gasteiger partial charge >= 0.3 is 0 Å². The van der Waals surface area contributed by atoms with Crippen LogP contribution in [0.5, 0.6) is 0 Å². The average Bonchev–Trinajstić information content (AvgIpc) is 3.44. The lowest BCUT2D eigenvalue weighted by atomic mass is 10.0. The van der Waals surface area contributed by atoms with E-state index in [1.54, 1.807) is 0 Å². The van der Waals surface area contributed by atoms with Gasteiger partial charge in [0.05, 0.1) is 0 Å². The van der Waals surface area contributed by atoms with Crippen molar-refractivity contribution in [2.45, 2.75) is 44.2 Å². The number of hydrogen-bond donors (Lipinski definition) is 1. The summed E-state index contributed by atoms with van der Waals surface area (Å²) < 4.78 is 0. The van der Waals surface area contributed by atoms with E-state index in [-0.39, 0.29) is 0 Å². The van der Waals surface area contributed by atoms with E-state index in [2.05, 4.69) is 32.3 Å². The van der Waals surface area contributed by atoms with Crippen LogP contribution in [0.2, 0.25) is 5.02 Å².